The molecule has 0 aliphatic rings. The second kappa shape index (κ2) is 3.35. The van der Waals surface area contributed by atoms with Gasteiger partial charge < -0.3 is 9.67 Å². The molecule has 0 fully saturated rings. The zero-order valence-electron chi connectivity index (χ0n) is 8.02. The average molecular weight is 210 g/mol. The highest BCUT2D eigenvalue weighted by Crippen LogP contribution is 2.03. The van der Waals surface area contributed by atoms with Gasteiger partial charge in [-0.05, 0) is 6.92 Å². The lowest BCUT2D eigenvalue weighted by Gasteiger charge is -2.05. The van der Waals surface area contributed by atoms with E-state index < -0.39 is 17.4 Å². The van der Waals surface area contributed by atoms with Crippen LogP contribution in [0.4, 0.5) is 0 Å². The van der Waals surface area contributed by atoms with Crippen molar-refractivity contribution in [2.75, 3.05) is 0 Å². The Bertz CT molecular complexity index is 592. The molecule has 0 aromatic carbocycles. The number of hydrogen-bond acceptors (Lipinski definition) is 4. The summed E-state index contributed by atoms with van der Waals surface area (Å²) >= 11 is 0. The van der Waals surface area contributed by atoms with Gasteiger partial charge in [0.1, 0.15) is 5.65 Å². The second-order valence-corrected chi connectivity index (χ2v) is 3.35. The molecule has 7 nitrogen and oxygen atoms in total. The fraction of sp³-hybridized carbons (Fsp3) is 0.375. The van der Waals surface area contributed by atoms with E-state index in [1.165, 1.54) is 10.9 Å². The molecular formula is C8H10N4O3. The minimum atomic E-state index is -0.583. The summed E-state index contributed by atoms with van der Waals surface area (Å²) in [6.07, 6.45) is 0.827. The molecule has 0 saturated carbocycles. The van der Waals surface area contributed by atoms with Crippen molar-refractivity contribution < 1.29 is 5.11 Å². The van der Waals surface area contributed by atoms with Crippen LogP contribution in [0, 0.1) is 0 Å². The van der Waals surface area contributed by atoms with Gasteiger partial charge in [-0.1, -0.05) is 0 Å². The van der Waals surface area contributed by atoms with E-state index in [1.807, 2.05) is 0 Å². The molecule has 2 aromatic rings. The summed E-state index contributed by atoms with van der Waals surface area (Å²) in [6.45, 7) is 1.88. The number of nitrogens with one attached hydrogen (secondary N) is 2. The number of fused-ring (bicyclic) bond motifs is 1. The lowest BCUT2D eigenvalue weighted by molar-refractivity contribution is 0.175. The lowest BCUT2D eigenvalue weighted by atomic mass is 10.4. The van der Waals surface area contributed by atoms with Crippen LogP contribution >= 0.6 is 0 Å². The van der Waals surface area contributed by atoms with Gasteiger partial charge in [-0.25, -0.2) is 9.78 Å². The van der Waals surface area contributed by atoms with E-state index in [0.29, 0.717) is 5.65 Å². The minimum Gasteiger partial charge on any atom is -0.392 e. The Morgan fingerprint density at radius 3 is 2.93 bits per heavy atom. The standard InChI is InChI=1S/C8H10N4O3/c1-4(13)2-12-3-9-5-6(12)10-8(15)11-7(5)14/h3-4,13H,2H2,1H3,(H2,10,11,14,15). The van der Waals surface area contributed by atoms with Crippen molar-refractivity contribution in [3.8, 4) is 0 Å². The van der Waals surface area contributed by atoms with Crippen LogP contribution in [0.5, 0.6) is 0 Å². The molecule has 1 atom stereocenters. The fourth-order valence-electron chi connectivity index (χ4n) is 1.40. The van der Waals surface area contributed by atoms with E-state index in [1.54, 1.807) is 6.92 Å². The number of aromatic nitrogens is 4. The number of H-pyrrole nitrogens is 2. The number of nitrogens with zero attached hydrogens (tertiary/aromatic N) is 2. The van der Waals surface area contributed by atoms with Crippen LogP contribution in [0.3, 0.4) is 0 Å². The molecule has 80 valence electrons. The van der Waals surface area contributed by atoms with Crippen LogP contribution < -0.4 is 11.2 Å². The normalized spacial score (nSPS) is 13.2. The van der Waals surface area contributed by atoms with E-state index in [-0.39, 0.29) is 12.1 Å². The zero-order chi connectivity index (χ0) is 11.0. The maximum Gasteiger partial charge on any atom is 0.327 e. The van der Waals surface area contributed by atoms with Crippen LogP contribution in [-0.2, 0) is 6.54 Å². The molecule has 2 heterocycles. The van der Waals surface area contributed by atoms with Gasteiger partial charge in [-0.15, -0.1) is 0 Å². The van der Waals surface area contributed by atoms with Gasteiger partial charge in [0.15, 0.2) is 5.52 Å². The second-order valence-electron chi connectivity index (χ2n) is 3.35. The molecule has 3 N–H and O–H groups in total. The van der Waals surface area contributed by atoms with Gasteiger partial charge in [-0.2, -0.15) is 0 Å². The van der Waals surface area contributed by atoms with Crippen LogP contribution in [0.1, 0.15) is 6.92 Å². The van der Waals surface area contributed by atoms with Gasteiger partial charge >= 0.3 is 5.69 Å². The first-order valence-electron chi connectivity index (χ1n) is 4.43. The molecular weight excluding hydrogens is 200 g/mol. The first-order valence-corrected chi connectivity index (χ1v) is 4.43. The van der Waals surface area contributed by atoms with Crippen molar-refractivity contribution in [3.63, 3.8) is 0 Å². The number of aliphatic hydroxyl groups is 1. The Morgan fingerprint density at radius 1 is 1.53 bits per heavy atom. The van der Waals surface area contributed by atoms with Gasteiger partial charge in [0.2, 0.25) is 0 Å². The molecule has 2 aromatic heterocycles. The molecule has 0 radical (unpaired) electrons. The summed E-state index contributed by atoms with van der Waals surface area (Å²) in [5, 5.41) is 9.20. The lowest BCUT2D eigenvalue weighted by Crippen LogP contribution is -2.23. The minimum absolute atomic E-state index is 0.162. The van der Waals surface area contributed by atoms with Crippen molar-refractivity contribution >= 4 is 11.2 Å². The highest BCUT2D eigenvalue weighted by Gasteiger charge is 2.08. The SMILES string of the molecule is CC(O)Cn1cnc2c(=O)[nH]c(=O)[nH]c21. The predicted octanol–water partition coefficient (Wildman–Crippen LogP) is -1.21. The number of imidazole rings is 1. The third-order valence-corrected chi connectivity index (χ3v) is 1.97. The Morgan fingerprint density at radius 2 is 2.27 bits per heavy atom. The van der Waals surface area contributed by atoms with Gasteiger partial charge in [0.05, 0.1) is 19.0 Å². The molecule has 1 unspecified atom stereocenters. The summed E-state index contributed by atoms with van der Waals surface area (Å²) in [6, 6.07) is 0. The Balaban J connectivity index is 2.69. The van der Waals surface area contributed by atoms with Crippen molar-refractivity contribution in [3.05, 3.63) is 27.2 Å². The Hall–Kier alpha value is -1.89. The third kappa shape index (κ3) is 1.68. The van der Waals surface area contributed by atoms with Crippen molar-refractivity contribution in [2.45, 2.75) is 19.6 Å². The maximum absolute atomic E-state index is 11.3. The molecule has 0 saturated heterocycles. The Labute approximate surface area is 83.4 Å². The van der Waals surface area contributed by atoms with Crippen LogP contribution in [0.15, 0.2) is 15.9 Å². The maximum atomic E-state index is 11.3. The zero-order valence-corrected chi connectivity index (χ0v) is 8.02. The van der Waals surface area contributed by atoms with Crippen molar-refractivity contribution in [1.29, 1.82) is 0 Å². The van der Waals surface area contributed by atoms with E-state index in [2.05, 4.69) is 15.0 Å². The smallest absolute Gasteiger partial charge is 0.327 e. The predicted molar refractivity (Wildman–Crippen MR) is 52.7 cm³/mol. The van der Waals surface area contributed by atoms with Gasteiger partial charge in [0, 0.05) is 0 Å². The summed E-state index contributed by atoms with van der Waals surface area (Å²) in [4.78, 5) is 30.7. The molecule has 7 heteroatoms. The van der Waals surface area contributed by atoms with Crippen molar-refractivity contribution in [1.82, 2.24) is 19.5 Å². The monoisotopic (exact) mass is 210 g/mol. The average Bonchev–Trinajstić information content (AvgIpc) is 2.48. The van der Waals surface area contributed by atoms with E-state index in [4.69, 9.17) is 0 Å². The van der Waals surface area contributed by atoms with E-state index in [9.17, 15) is 14.7 Å². The Kier molecular flexibility index (Phi) is 2.16. The first-order chi connectivity index (χ1) is 7.08. The molecule has 0 amide bonds. The van der Waals surface area contributed by atoms with E-state index >= 15 is 0 Å². The molecule has 0 spiro atoms. The van der Waals surface area contributed by atoms with Crippen LogP contribution in [-0.4, -0.2) is 30.7 Å². The topological polar surface area (TPSA) is 104 Å². The number of aliphatic hydroxyl groups excluding tert-OH is 1. The van der Waals surface area contributed by atoms with Gasteiger partial charge in [-0.3, -0.25) is 14.8 Å². The first kappa shape index (κ1) is 9.66. The molecule has 0 bridgehead atoms. The number of hydrogen-bond donors (Lipinski definition) is 3. The molecule has 0 aliphatic carbocycles. The van der Waals surface area contributed by atoms with Crippen LogP contribution in [0.2, 0.25) is 0 Å². The van der Waals surface area contributed by atoms with Crippen LogP contribution in [0.25, 0.3) is 11.2 Å². The molecule has 2 rings (SSSR count). The summed E-state index contributed by atoms with van der Waals surface area (Å²) in [7, 11) is 0. The van der Waals surface area contributed by atoms with E-state index in [0.717, 1.165) is 0 Å². The third-order valence-electron chi connectivity index (χ3n) is 1.97. The number of rotatable bonds is 2. The molecule has 15 heavy (non-hydrogen) atoms. The molecule has 0 aliphatic heterocycles. The quantitative estimate of drug-likeness (QED) is 0.578. The fourth-order valence-corrected chi connectivity index (χ4v) is 1.40. The van der Waals surface area contributed by atoms with Gasteiger partial charge in [0.25, 0.3) is 5.56 Å². The summed E-state index contributed by atoms with van der Waals surface area (Å²) < 4.78 is 1.52. The highest BCUT2D eigenvalue weighted by atomic mass is 16.3. The van der Waals surface area contributed by atoms with Crippen molar-refractivity contribution in [2.24, 2.45) is 0 Å². The summed E-state index contributed by atoms with van der Waals surface area (Å²) in [5.41, 5.74) is -0.627. The largest absolute Gasteiger partial charge is 0.392 e. The summed E-state index contributed by atoms with van der Waals surface area (Å²) in [5.74, 6) is 0. The highest BCUT2D eigenvalue weighted by molar-refractivity contribution is 5.68. The number of aromatic amines is 2.